The molecule has 0 spiro atoms. The second kappa shape index (κ2) is 5.42. The van der Waals surface area contributed by atoms with Crippen LogP contribution in [-0.4, -0.2) is 21.7 Å². The molecule has 1 aromatic carbocycles. The van der Waals surface area contributed by atoms with Crippen molar-refractivity contribution in [2.75, 3.05) is 0 Å². The summed E-state index contributed by atoms with van der Waals surface area (Å²) < 4.78 is 36.0. The molecule has 1 aromatic rings. The monoisotopic (exact) mass is 266 g/mol. The van der Waals surface area contributed by atoms with Gasteiger partial charge in [-0.25, -0.2) is 0 Å². The highest BCUT2D eigenvalue weighted by Crippen LogP contribution is 2.37. The van der Waals surface area contributed by atoms with Gasteiger partial charge in [-0.2, -0.15) is 13.2 Å². The maximum Gasteiger partial charge on any atom is 0.446 e. The molecule has 0 fully saturated rings. The number of carboxylic acid groups (broad SMARTS) is 1. The van der Waals surface area contributed by atoms with Crippen molar-refractivity contribution in [3.05, 3.63) is 29.8 Å². The zero-order valence-corrected chi connectivity index (χ0v) is 9.26. The van der Waals surface area contributed by atoms with Crippen molar-refractivity contribution in [3.8, 4) is 0 Å². The number of alkyl halides is 3. The summed E-state index contributed by atoms with van der Waals surface area (Å²) >= 11 is -0.263. The van der Waals surface area contributed by atoms with Gasteiger partial charge in [-0.1, -0.05) is 12.1 Å². The molecule has 94 valence electrons. The van der Waals surface area contributed by atoms with Crippen LogP contribution in [0.1, 0.15) is 18.1 Å². The van der Waals surface area contributed by atoms with Gasteiger partial charge in [0.25, 0.3) is 0 Å². The molecule has 1 rings (SSSR count). The Morgan fingerprint density at radius 2 is 1.82 bits per heavy atom. The summed E-state index contributed by atoms with van der Waals surface area (Å²) in [7, 11) is 0. The van der Waals surface area contributed by atoms with Crippen LogP contribution in [0.5, 0.6) is 0 Å². The van der Waals surface area contributed by atoms with Gasteiger partial charge >= 0.3 is 11.5 Å². The van der Waals surface area contributed by atoms with Crippen LogP contribution in [0.4, 0.5) is 13.2 Å². The molecule has 2 N–H and O–H groups in total. The Bertz CT molecular complexity index is 389. The van der Waals surface area contributed by atoms with Crippen LogP contribution >= 0.6 is 11.8 Å². The lowest BCUT2D eigenvalue weighted by Gasteiger charge is -2.09. The van der Waals surface area contributed by atoms with Crippen molar-refractivity contribution in [1.29, 1.82) is 0 Å². The van der Waals surface area contributed by atoms with E-state index in [2.05, 4.69) is 0 Å². The number of aliphatic hydroxyl groups excluding tert-OH is 1. The van der Waals surface area contributed by atoms with Crippen molar-refractivity contribution in [2.24, 2.45) is 0 Å². The van der Waals surface area contributed by atoms with E-state index in [0.29, 0.717) is 0 Å². The van der Waals surface area contributed by atoms with Crippen LogP contribution < -0.4 is 0 Å². The largest absolute Gasteiger partial charge is 0.481 e. The van der Waals surface area contributed by atoms with Crippen molar-refractivity contribution < 1.29 is 28.2 Å². The van der Waals surface area contributed by atoms with E-state index in [-0.39, 0.29) is 22.2 Å². The van der Waals surface area contributed by atoms with Crippen LogP contribution in [0.3, 0.4) is 0 Å². The standard InChI is InChI=1S/C10H9F3O3S/c11-10(12,13)17-7-3-1-6(2-4-7)8(14)5-9(15)16/h1-4,8,14H,5H2,(H,15,16). The van der Waals surface area contributed by atoms with E-state index < -0.39 is 24.0 Å². The van der Waals surface area contributed by atoms with Crippen molar-refractivity contribution in [2.45, 2.75) is 22.9 Å². The van der Waals surface area contributed by atoms with Crippen LogP contribution in [0, 0.1) is 0 Å². The van der Waals surface area contributed by atoms with E-state index in [4.69, 9.17) is 5.11 Å². The minimum atomic E-state index is -4.36. The Kier molecular flexibility index (Phi) is 4.41. The number of hydrogen-bond donors (Lipinski definition) is 2. The number of rotatable bonds is 4. The fraction of sp³-hybridized carbons (Fsp3) is 0.300. The first kappa shape index (κ1) is 13.9. The SMILES string of the molecule is O=C(O)CC(O)c1ccc(SC(F)(F)F)cc1. The summed E-state index contributed by atoms with van der Waals surface area (Å²) in [6.45, 7) is 0. The lowest BCUT2D eigenvalue weighted by molar-refractivity contribution is -0.139. The molecule has 0 saturated carbocycles. The molecule has 0 saturated heterocycles. The fourth-order valence-electron chi connectivity index (χ4n) is 1.17. The number of hydrogen-bond acceptors (Lipinski definition) is 3. The highest BCUT2D eigenvalue weighted by molar-refractivity contribution is 8.00. The van der Waals surface area contributed by atoms with E-state index in [1.807, 2.05) is 0 Å². The molecule has 17 heavy (non-hydrogen) atoms. The molecule has 0 aliphatic rings. The highest BCUT2D eigenvalue weighted by atomic mass is 32.2. The van der Waals surface area contributed by atoms with Gasteiger partial charge in [0.05, 0.1) is 12.5 Å². The van der Waals surface area contributed by atoms with Gasteiger partial charge in [-0.3, -0.25) is 4.79 Å². The normalized spacial score (nSPS) is 13.4. The van der Waals surface area contributed by atoms with Crippen LogP contribution in [0.15, 0.2) is 29.2 Å². The highest BCUT2D eigenvalue weighted by Gasteiger charge is 2.29. The molecule has 0 aliphatic carbocycles. The Labute approximate surface area is 99.3 Å². The Balaban J connectivity index is 2.71. The molecule has 1 unspecified atom stereocenters. The van der Waals surface area contributed by atoms with Crippen molar-refractivity contribution >= 4 is 17.7 Å². The lowest BCUT2D eigenvalue weighted by Crippen LogP contribution is -2.05. The molecular formula is C10H9F3O3S. The van der Waals surface area contributed by atoms with E-state index in [9.17, 15) is 23.1 Å². The van der Waals surface area contributed by atoms with Gasteiger partial charge in [-0.05, 0) is 29.5 Å². The van der Waals surface area contributed by atoms with Crippen molar-refractivity contribution in [3.63, 3.8) is 0 Å². The zero-order valence-electron chi connectivity index (χ0n) is 8.44. The molecule has 0 radical (unpaired) electrons. The van der Waals surface area contributed by atoms with Crippen LogP contribution in [0.2, 0.25) is 0 Å². The maximum absolute atomic E-state index is 12.0. The van der Waals surface area contributed by atoms with Gasteiger partial charge in [0.1, 0.15) is 0 Å². The summed E-state index contributed by atoms with van der Waals surface area (Å²) in [5.41, 5.74) is -4.08. The second-order valence-corrected chi connectivity index (χ2v) is 4.37. The first-order chi connectivity index (χ1) is 7.78. The molecule has 7 heteroatoms. The molecule has 0 heterocycles. The molecule has 1 atom stereocenters. The van der Waals surface area contributed by atoms with Gasteiger partial charge in [0.2, 0.25) is 0 Å². The van der Waals surface area contributed by atoms with Crippen molar-refractivity contribution in [1.82, 2.24) is 0 Å². The topological polar surface area (TPSA) is 57.5 Å². The summed E-state index contributed by atoms with van der Waals surface area (Å²) in [6, 6.07) is 4.94. The number of carbonyl (C=O) groups is 1. The van der Waals surface area contributed by atoms with Gasteiger partial charge in [0, 0.05) is 4.90 Å². The predicted octanol–water partition coefficient (Wildman–Crippen LogP) is 2.81. The average Bonchev–Trinajstić information content (AvgIpc) is 2.15. The molecular weight excluding hydrogens is 257 g/mol. The van der Waals surface area contributed by atoms with E-state index in [0.717, 1.165) is 0 Å². The number of aliphatic carboxylic acids is 1. The number of thioether (sulfide) groups is 1. The number of halogens is 3. The third-order valence-corrected chi connectivity index (χ3v) is 2.61. The molecule has 0 bridgehead atoms. The molecule has 3 nitrogen and oxygen atoms in total. The lowest BCUT2D eigenvalue weighted by atomic mass is 10.1. The quantitative estimate of drug-likeness (QED) is 0.823. The Hall–Kier alpha value is -1.21. The van der Waals surface area contributed by atoms with Crippen LogP contribution in [0.25, 0.3) is 0 Å². The minimum Gasteiger partial charge on any atom is -0.481 e. The van der Waals surface area contributed by atoms with E-state index in [1.165, 1.54) is 24.3 Å². The smallest absolute Gasteiger partial charge is 0.446 e. The predicted molar refractivity (Wildman–Crippen MR) is 55.6 cm³/mol. The summed E-state index contributed by atoms with van der Waals surface area (Å²) in [5, 5.41) is 17.8. The molecule has 0 aromatic heterocycles. The van der Waals surface area contributed by atoms with Gasteiger partial charge in [-0.15, -0.1) is 0 Å². The summed E-state index contributed by atoms with van der Waals surface area (Å²) in [4.78, 5) is 10.3. The second-order valence-electron chi connectivity index (χ2n) is 3.23. The van der Waals surface area contributed by atoms with Gasteiger partial charge < -0.3 is 10.2 Å². The van der Waals surface area contributed by atoms with Crippen LogP contribution in [-0.2, 0) is 4.79 Å². The Morgan fingerprint density at radius 3 is 2.24 bits per heavy atom. The number of benzene rings is 1. The number of aliphatic hydroxyl groups is 1. The molecule has 0 aliphatic heterocycles. The Morgan fingerprint density at radius 1 is 1.29 bits per heavy atom. The third-order valence-electron chi connectivity index (χ3n) is 1.87. The summed E-state index contributed by atoms with van der Waals surface area (Å²) in [5.74, 6) is -1.17. The van der Waals surface area contributed by atoms with Gasteiger partial charge in [0.15, 0.2) is 0 Å². The third kappa shape index (κ3) is 5.10. The number of carboxylic acids is 1. The molecule has 0 amide bonds. The first-order valence-corrected chi connectivity index (χ1v) is 5.35. The minimum absolute atomic E-state index is 0.0104. The van der Waals surface area contributed by atoms with E-state index in [1.54, 1.807) is 0 Å². The maximum atomic E-state index is 12.0. The average molecular weight is 266 g/mol. The zero-order chi connectivity index (χ0) is 13.1. The summed E-state index contributed by atoms with van der Waals surface area (Å²) in [6.07, 6.45) is -1.69. The first-order valence-electron chi connectivity index (χ1n) is 4.53. The van der Waals surface area contributed by atoms with E-state index >= 15 is 0 Å². The fourth-order valence-corrected chi connectivity index (χ4v) is 1.71.